The van der Waals surface area contributed by atoms with Crippen molar-refractivity contribution in [3.63, 3.8) is 0 Å². The number of hydrogen-bond donors (Lipinski definition) is 1. The molecule has 0 amide bonds. The molecule has 2 aromatic rings. The number of benzene rings is 2. The van der Waals surface area contributed by atoms with Crippen LogP contribution >= 0.6 is 27.7 Å². The summed E-state index contributed by atoms with van der Waals surface area (Å²) in [5.74, 6) is 0.780. The topological polar surface area (TPSA) is 60.2 Å². The second-order valence-electron chi connectivity index (χ2n) is 4.43. The molecule has 0 saturated heterocycles. The van der Waals surface area contributed by atoms with E-state index in [-0.39, 0.29) is 0 Å². The Bertz CT molecular complexity index is 692. The first-order chi connectivity index (χ1) is 9.34. The number of nitrogens with two attached hydrogens (primary N) is 1. The number of thioether (sulfide) groups is 1. The number of halogens is 1. The summed E-state index contributed by atoms with van der Waals surface area (Å²) in [4.78, 5) is 1.37. The predicted octanol–water partition coefficient (Wildman–Crippen LogP) is 3.73. The predicted molar refractivity (Wildman–Crippen MR) is 87.7 cm³/mol. The van der Waals surface area contributed by atoms with Crippen molar-refractivity contribution in [2.45, 2.75) is 15.5 Å². The van der Waals surface area contributed by atoms with Crippen LogP contribution in [0.2, 0.25) is 0 Å². The largest absolute Gasteiger partial charge is 0.399 e. The third kappa shape index (κ3) is 4.26. The van der Waals surface area contributed by atoms with E-state index < -0.39 is 9.84 Å². The molecule has 0 bridgehead atoms. The molecule has 0 aliphatic rings. The summed E-state index contributed by atoms with van der Waals surface area (Å²) in [7, 11) is -3.13. The first-order valence-corrected chi connectivity index (χ1v) is 9.49. The van der Waals surface area contributed by atoms with Gasteiger partial charge in [-0.05, 0) is 48.0 Å². The Morgan fingerprint density at radius 1 is 1.15 bits per heavy atom. The van der Waals surface area contributed by atoms with Crippen LogP contribution in [0.1, 0.15) is 5.56 Å². The second kappa shape index (κ2) is 6.20. The van der Waals surface area contributed by atoms with Gasteiger partial charge in [0.15, 0.2) is 9.84 Å². The highest BCUT2D eigenvalue weighted by Gasteiger charge is 2.06. The molecular weight excluding hydrogens is 358 g/mol. The molecule has 0 aliphatic carbocycles. The minimum atomic E-state index is -3.13. The molecule has 6 heteroatoms. The lowest BCUT2D eigenvalue weighted by atomic mass is 10.2. The van der Waals surface area contributed by atoms with E-state index in [1.165, 1.54) is 6.26 Å². The lowest BCUT2D eigenvalue weighted by molar-refractivity contribution is 0.602. The Morgan fingerprint density at radius 3 is 2.35 bits per heavy atom. The molecule has 0 aromatic heterocycles. The average molecular weight is 372 g/mol. The van der Waals surface area contributed by atoms with Crippen molar-refractivity contribution in [1.82, 2.24) is 0 Å². The van der Waals surface area contributed by atoms with E-state index >= 15 is 0 Å². The summed E-state index contributed by atoms with van der Waals surface area (Å²) in [6, 6.07) is 12.7. The van der Waals surface area contributed by atoms with E-state index in [0.717, 1.165) is 26.4 Å². The van der Waals surface area contributed by atoms with Crippen LogP contribution < -0.4 is 5.73 Å². The quantitative estimate of drug-likeness (QED) is 0.656. The third-order valence-corrected chi connectivity index (χ3v) is 5.31. The Balaban J connectivity index is 2.07. The minimum absolute atomic E-state index is 0.341. The van der Waals surface area contributed by atoms with Crippen molar-refractivity contribution in [2.75, 3.05) is 12.0 Å². The van der Waals surface area contributed by atoms with Gasteiger partial charge in [0.1, 0.15) is 0 Å². The lowest BCUT2D eigenvalue weighted by Crippen LogP contribution is -1.96. The number of hydrogen-bond acceptors (Lipinski definition) is 4. The molecule has 2 rings (SSSR count). The molecule has 0 fully saturated rings. The zero-order valence-corrected chi connectivity index (χ0v) is 14.1. The SMILES string of the molecule is CS(=O)(=O)c1ccc(SCc2cc(N)cc(Br)c2)cc1. The maximum absolute atomic E-state index is 11.4. The molecule has 3 nitrogen and oxygen atoms in total. The first kappa shape index (κ1) is 15.4. The van der Waals surface area contributed by atoms with Crippen molar-refractivity contribution in [2.24, 2.45) is 0 Å². The van der Waals surface area contributed by atoms with Crippen molar-refractivity contribution in [3.05, 3.63) is 52.5 Å². The molecule has 0 saturated carbocycles. The van der Waals surface area contributed by atoms with Gasteiger partial charge in [-0.15, -0.1) is 11.8 Å². The number of nitrogen functional groups attached to an aromatic ring is 1. The van der Waals surface area contributed by atoms with Crippen LogP contribution in [0, 0.1) is 0 Å². The van der Waals surface area contributed by atoms with Crippen molar-refractivity contribution < 1.29 is 8.42 Å². The van der Waals surface area contributed by atoms with E-state index in [1.54, 1.807) is 23.9 Å². The molecular formula is C14H14BrNO2S2. The van der Waals surface area contributed by atoms with Crippen LogP contribution in [0.4, 0.5) is 5.69 Å². The van der Waals surface area contributed by atoms with Crippen LogP contribution in [0.15, 0.2) is 56.7 Å². The molecule has 0 heterocycles. The maximum atomic E-state index is 11.4. The highest BCUT2D eigenvalue weighted by Crippen LogP contribution is 2.26. The van der Waals surface area contributed by atoms with Crippen LogP contribution in [-0.4, -0.2) is 14.7 Å². The van der Waals surface area contributed by atoms with Gasteiger partial charge in [0.05, 0.1) is 4.90 Å². The molecule has 0 radical (unpaired) electrons. The number of anilines is 1. The summed E-state index contributed by atoms with van der Waals surface area (Å²) in [5.41, 5.74) is 7.63. The minimum Gasteiger partial charge on any atom is -0.399 e. The second-order valence-corrected chi connectivity index (χ2v) is 8.41. The summed E-state index contributed by atoms with van der Waals surface area (Å²) in [6.07, 6.45) is 1.21. The van der Waals surface area contributed by atoms with Gasteiger partial charge >= 0.3 is 0 Å². The highest BCUT2D eigenvalue weighted by molar-refractivity contribution is 9.10. The Hall–Kier alpha value is -0.980. The Labute approximate surface area is 131 Å². The van der Waals surface area contributed by atoms with E-state index in [0.29, 0.717) is 4.90 Å². The van der Waals surface area contributed by atoms with Crippen LogP contribution in [0.5, 0.6) is 0 Å². The summed E-state index contributed by atoms with van der Waals surface area (Å²) in [6.45, 7) is 0. The maximum Gasteiger partial charge on any atom is 0.175 e. The van der Waals surface area contributed by atoms with Gasteiger partial charge in [0, 0.05) is 27.1 Å². The molecule has 2 aromatic carbocycles. The van der Waals surface area contributed by atoms with E-state index in [4.69, 9.17) is 5.73 Å². The van der Waals surface area contributed by atoms with Crippen LogP contribution in [0.25, 0.3) is 0 Å². The molecule has 0 aliphatic heterocycles. The van der Waals surface area contributed by atoms with E-state index in [9.17, 15) is 8.42 Å². The fourth-order valence-corrected chi connectivity index (χ4v) is 3.73. The number of sulfone groups is 1. The van der Waals surface area contributed by atoms with Gasteiger partial charge in [-0.1, -0.05) is 15.9 Å². The van der Waals surface area contributed by atoms with Crippen molar-refractivity contribution in [1.29, 1.82) is 0 Å². The van der Waals surface area contributed by atoms with Gasteiger partial charge in [-0.3, -0.25) is 0 Å². The standard InChI is InChI=1S/C14H14BrNO2S2/c1-20(17,18)14-4-2-13(3-5-14)19-9-10-6-11(15)8-12(16)7-10/h2-8H,9,16H2,1H3. The van der Waals surface area contributed by atoms with Crippen LogP contribution in [-0.2, 0) is 15.6 Å². The fourth-order valence-electron chi connectivity index (χ4n) is 1.71. The molecule has 2 N–H and O–H groups in total. The molecule has 106 valence electrons. The van der Waals surface area contributed by atoms with Gasteiger partial charge in [-0.2, -0.15) is 0 Å². The van der Waals surface area contributed by atoms with E-state index in [1.807, 2.05) is 30.3 Å². The fraction of sp³-hybridized carbons (Fsp3) is 0.143. The monoisotopic (exact) mass is 371 g/mol. The molecule has 0 spiro atoms. The summed E-state index contributed by atoms with van der Waals surface area (Å²) >= 11 is 5.05. The summed E-state index contributed by atoms with van der Waals surface area (Å²) < 4.78 is 23.7. The van der Waals surface area contributed by atoms with Crippen LogP contribution in [0.3, 0.4) is 0 Å². The van der Waals surface area contributed by atoms with Crippen molar-refractivity contribution >= 4 is 43.2 Å². The Kier molecular flexibility index (Phi) is 4.78. The van der Waals surface area contributed by atoms with Gasteiger partial charge in [-0.25, -0.2) is 8.42 Å². The zero-order valence-electron chi connectivity index (χ0n) is 10.8. The average Bonchev–Trinajstić information content (AvgIpc) is 2.35. The van der Waals surface area contributed by atoms with Gasteiger partial charge in [0.25, 0.3) is 0 Å². The first-order valence-electron chi connectivity index (χ1n) is 5.82. The number of rotatable bonds is 4. The van der Waals surface area contributed by atoms with Crippen molar-refractivity contribution in [3.8, 4) is 0 Å². The Morgan fingerprint density at radius 2 is 1.80 bits per heavy atom. The lowest BCUT2D eigenvalue weighted by Gasteiger charge is -2.05. The van der Waals surface area contributed by atoms with Gasteiger partial charge < -0.3 is 5.73 Å². The van der Waals surface area contributed by atoms with E-state index in [2.05, 4.69) is 15.9 Å². The zero-order chi connectivity index (χ0) is 14.8. The molecule has 0 unspecified atom stereocenters. The molecule has 20 heavy (non-hydrogen) atoms. The third-order valence-electron chi connectivity index (χ3n) is 2.64. The van der Waals surface area contributed by atoms with Gasteiger partial charge in [0.2, 0.25) is 0 Å². The molecule has 0 atom stereocenters. The normalized spacial score (nSPS) is 11.5. The highest BCUT2D eigenvalue weighted by atomic mass is 79.9. The summed E-state index contributed by atoms with van der Waals surface area (Å²) in [5, 5.41) is 0. The smallest absolute Gasteiger partial charge is 0.175 e.